The van der Waals surface area contributed by atoms with Gasteiger partial charge in [-0.3, -0.25) is 4.79 Å². The second kappa shape index (κ2) is 6.35. The van der Waals surface area contributed by atoms with Gasteiger partial charge in [0.2, 0.25) is 0 Å². The quantitative estimate of drug-likeness (QED) is 0.848. The lowest BCUT2D eigenvalue weighted by atomic mass is 10.1. The third-order valence-electron chi connectivity index (χ3n) is 3.03. The van der Waals surface area contributed by atoms with E-state index in [1.165, 1.54) is 0 Å². The highest BCUT2D eigenvalue weighted by atomic mass is 19.4. The van der Waals surface area contributed by atoms with Crippen molar-refractivity contribution in [2.24, 2.45) is 0 Å². The summed E-state index contributed by atoms with van der Waals surface area (Å²) in [6.07, 6.45) is -4.21. The Morgan fingerprint density at radius 3 is 2.65 bits per heavy atom. The number of ether oxygens (including phenoxy) is 2. The number of benzene rings is 1. The summed E-state index contributed by atoms with van der Waals surface area (Å²) in [5.41, 5.74) is -1.40. The van der Waals surface area contributed by atoms with Gasteiger partial charge in [0.1, 0.15) is 11.4 Å². The van der Waals surface area contributed by atoms with E-state index in [0.29, 0.717) is 17.6 Å². The number of hydrogen-bond acceptors (Lipinski definition) is 5. The molecule has 2 rings (SSSR count). The molecule has 0 N–H and O–H groups in total. The minimum absolute atomic E-state index is 0.0300. The van der Waals surface area contributed by atoms with E-state index in [9.17, 15) is 22.8 Å². The fourth-order valence-electron chi connectivity index (χ4n) is 2.00. The topological polar surface area (TPSA) is 65.1 Å². The molecule has 0 spiro atoms. The summed E-state index contributed by atoms with van der Waals surface area (Å²) in [7, 11) is 1.09. The molecule has 0 atom stereocenters. The first-order valence-corrected chi connectivity index (χ1v) is 6.73. The van der Waals surface area contributed by atoms with Crippen molar-refractivity contribution in [3.05, 3.63) is 17.7 Å². The normalized spacial score (nSPS) is 14.1. The lowest BCUT2D eigenvalue weighted by molar-refractivity contribution is -0.151. The summed E-state index contributed by atoms with van der Waals surface area (Å²) in [4.78, 5) is 28.3. The van der Waals surface area contributed by atoms with E-state index in [1.807, 2.05) is 0 Å². The Labute approximate surface area is 129 Å². The first-order chi connectivity index (χ1) is 10.8. The SMILES string of the molecule is CCCC(=O)ON1C(=O)COc2cc(OC)c(C(F)(F)F)cc21. The van der Waals surface area contributed by atoms with Crippen LogP contribution in [0.4, 0.5) is 18.9 Å². The number of anilines is 1. The van der Waals surface area contributed by atoms with Gasteiger partial charge in [0.15, 0.2) is 12.4 Å². The average molecular weight is 333 g/mol. The van der Waals surface area contributed by atoms with Crippen LogP contribution in [-0.2, 0) is 20.6 Å². The highest BCUT2D eigenvalue weighted by Crippen LogP contribution is 2.44. The largest absolute Gasteiger partial charge is 0.496 e. The lowest BCUT2D eigenvalue weighted by Gasteiger charge is -2.28. The average Bonchev–Trinajstić information content (AvgIpc) is 2.48. The van der Waals surface area contributed by atoms with Crippen LogP contribution in [0.3, 0.4) is 0 Å². The Kier molecular flexibility index (Phi) is 4.67. The maximum absolute atomic E-state index is 13.1. The van der Waals surface area contributed by atoms with Crippen LogP contribution in [-0.4, -0.2) is 25.6 Å². The summed E-state index contributed by atoms with van der Waals surface area (Å²) in [5, 5.41) is 0.533. The third kappa shape index (κ3) is 3.49. The summed E-state index contributed by atoms with van der Waals surface area (Å²) in [5.74, 6) is -2.00. The molecule has 1 aliphatic rings. The van der Waals surface area contributed by atoms with Crippen LogP contribution in [0.2, 0.25) is 0 Å². The van der Waals surface area contributed by atoms with Crippen LogP contribution >= 0.6 is 0 Å². The van der Waals surface area contributed by atoms with E-state index < -0.39 is 36.0 Å². The van der Waals surface area contributed by atoms with Gasteiger partial charge in [-0.15, -0.1) is 5.06 Å². The van der Waals surface area contributed by atoms with Gasteiger partial charge in [-0.2, -0.15) is 13.2 Å². The number of carbonyl (C=O) groups excluding carboxylic acids is 2. The van der Waals surface area contributed by atoms with Crippen LogP contribution in [0.15, 0.2) is 12.1 Å². The smallest absolute Gasteiger partial charge is 0.420 e. The van der Waals surface area contributed by atoms with Gasteiger partial charge in [0.25, 0.3) is 5.91 Å². The Hall–Kier alpha value is -2.45. The molecule has 6 nitrogen and oxygen atoms in total. The molecule has 0 unspecified atom stereocenters. The highest BCUT2D eigenvalue weighted by molar-refractivity contribution is 5.98. The monoisotopic (exact) mass is 333 g/mol. The number of rotatable bonds is 4. The summed E-state index contributed by atoms with van der Waals surface area (Å²) < 4.78 is 49.0. The minimum Gasteiger partial charge on any atom is -0.496 e. The van der Waals surface area contributed by atoms with Crippen LogP contribution in [0.25, 0.3) is 0 Å². The fourth-order valence-corrected chi connectivity index (χ4v) is 2.00. The van der Waals surface area contributed by atoms with Crippen molar-refractivity contribution < 1.29 is 37.1 Å². The Morgan fingerprint density at radius 1 is 1.39 bits per heavy atom. The number of fused-ring (bicyclic) bond motifs is 1. The maximum Gasteiger partial charge on any atom is 0.420 e. The number of carbonyl (C=O) groups is 2. The molecule has 0 aliphatic carbocycles. The van der Waals surface area contributed by atoms with Gasteiger partial charge in [-0.1, -0.05) is 6.92 Å². The zero-order valence-electron chi connectivity index (χ0n) is 12.4. The molecule has 23 heavy (non-hydrogen) atoms. The minimum atomic E-state index is -4.71. The van der Waals surface area contributed by atoms with Crippen LogP contribution in [0.1, 0.15) is 25.3 Å². The molecule has 0 radical (unpaired) electrons. The Bertz CT molecular complexity index is 630. The Balaban J connectivity index is 2.47. The summed E-state index contributed by atoms with van der Waals surface area (Å²) >= 11 is 0. The first-order valence-electron chi connectivity index (χ1n) is 6.73. The van der Waals surface area contributed by atoms with E-state index in [-0.39, 0.29) is 17.9 Å². The predicted octanol–water partition coefficient (Wildman–Crippen LogP) is 2.70. The molecule has 1 aromatic carbocycles. The molecule has 0 saturated carbocycles. The van der Waals surface area contributed by atoms with Gasteiger partial charge >= 0.3 is 12.1 Å². The zero-order chi connectivity index (χ0) is 17.2. The molecule has 9 heteroatoms. The first kappa shape index (κ1) is 16.9. The van der Waals surface area contributed by atoms with Crippen LogP contribution in [0.5, 0.6) is 11.5 Å². The van der Waals surface area contributed by atoms with E-state index in [1.54, 1.807) is 6.92 Å². The van der Waals surface area contributed by atoms with E-state index >= 15 is 0 Å². The van der Waals surface area contributed by atoms with Crippen LogP contribution < -0.4 is 14.5 Å². The van der Waals surface area contributed by atoms with Crippen molar-refractivity contribution in [2.75, 3.05) is 18.8 Å². The molecule has 1 aliphatic heterocycles. The van der Waals surface area contributed by atoms with Crippen LogP contribution in [0, 0.1) is 0 Å². The van der Waals surface area contributed by atoms with Crippen molar-refractivity contribution in [2.45, 2.75) is 25.9 Å². The number of hydroxylamine groups is 1. The number of nitrogens with zero attached hydrogens (tertiary/aromatic N) is 1. The molecule has 1 heterocycles. The van der Waals surface area contributed by atoms with Gasteiger partial charge in [-0.05, 0) is 12.5 Å². The number of methoxy groups -OCH3 is 1. The molecule has 126 valence electrons. The molecular weight excluding hydrogens is 319 g/mol. The van der Waals surface area contributed by atoms with Gasteiger partial charge in [-0.25, -0.2) is 4.79 Å². The van der Waals surface area contributed by atoms with Crippen molar-refractivity contribution in [1.29, 1.82) is 0 Å². The van der Waals surface area contributed by atoms with Crippen molar-refractivity contribution in [3.63, 3.8) is 0 Å². The standard InChI is InChI=1S/C14H14F3NO5/c1-3-4-13(20)23-18-9-5-8(14(15,16)17)10(21-2)6-11(9)22-7-12(18)19/h5-6H,3-4,7H2,1-2H3. The predicted molar refractivity (Wildman–Crippen MR) is 72.0 cm³/mol. The fraction of sp³-hybridized carbons (Fsp3) is 0.429. The van der Waals surface area contributed by atoms with Gasteiger partial charge in [0, 0.05) is 12.5 Å². The number of alkyl halides is 3. The highest BCUT2D eigenvalue weighted by Gasteiger charge is 2.39. The molecule has 0 aromatic heterocycles. The van der Waals surface area contributed by atoms with E-state index in [4.69, 9.17) is 14.3 Å². The van der Waals surface area contributed by atoms with Crippen molar-refractivity contribution >= 4 is 17.6 Å². The summed E-state index contributed by atoms with van der Waals surface area (Å²) in [6.45, 7) is 1.27. The van der Waals surface area contributed by atoms with Crippen molar-refractivity contribution in [1.82, 2.24) is 0 Å². The second-order valence-electron chi connectivity index (χ2n) is 4.71. The molecule has 0 bridgehead atoms. The molecule has 0 fully saturated rings. The zero-order valence-corrected chi connectivity index (χ0v) is 12.4. The van der Waals surface area contributed by atoms with Gasteiger partial charge in [0.05, 0.1) is 12.7 Å². The Morgan fingerprint density at radius 2 is 2.09 bits per heavy atom. The molecule has 1 aromatic rings. The molecule has 0 saturated heterocycles. The summed E-state index contributed by atoms with van der Waals surface area (Å²) in [6, 6.07) is 1.66. The van der Waals surface area contributed by atoms with Crippen molar-refractivity contribution in [3.8, 4) is 11.5 Å². The molecular formula is C14H14F3NO5. The number of amides is 1. The molecule has 1 amide bonds. The van der Waals surface area contributed by atoms with E-state index in [0.717, 1.165) is 13.2 Å². The third-order valence-corrected chi connectivity index (χ3v) is 3.03. The number of hydrogen-bond donors (Lipinski definition) is 0. The second-order valence-corrected chi connectivity index (χ2v) is 4.71. The van der Waals surface area contributed by atoms with E-state index in [2.05, 4.69) is 0 Å². The maximum atomic E-state index is 13.1. The lowest BCUT2D eigenvalue weighted by Crippen LogP contribution is -2.40. The van der Waals surface area contributed by atoms with Gasteiger partial charge < -0.3 is 14.3 Å². The number of halogens is 3.